The number of benzene rings is 1. The minimum absolute atomic E-state index is 0.143. The molecule has 1 aromatic heterocycles. The zero-order chi connectivity index (χ0) is 15.7. The molecule has 0 fully saturated rings. The maximum atomic E-state index is 12.6. The maximum absolute atomic E-state index is 12.6. The molecule has 1 unspecified atom stereocenters. The summed E-state index contributed by atoms with van der Waals surface area (Å²) in [6.07, 6.45) is 0. The molecule has 5 heteroatoms. The number of halogens is 1. The summed E-state index contributed by atoms with van der Waals surface area (Å²) in [6.45, 7) is 3.41. The second-order valence-corrected chi connectivity index (χ2v) is 5.49. The van der Waals surface area contributed by atoms with Crippen molar-refractivity contribution in [2.24, 2.45) is 7.05 Å². The van der Waals surface area contributed by atoms with Gasteiger partial charge in [0, 0.05) is 23.3 Å². The molecule has 21 heavy (non-hydrogen) atoms. The molecule has 0 spiro atoms. The van der Waals surface area contributed by atoms with E-state index < -0.39 is 11.9 Å². The summed E-state index contributed by atoms with van der Waals surface area (Å²) in [4.78, 5) is 23.7. The van der Waals surface area contributed by atoms with E-state index >= 15 is 0 Å². The summed E-state index contributed by atoms with van der Waals surface area (Å²) in [5.41, 5.74) is 2.40. The van der Waals surface area contributed by atoms with Gasteiger partial charge < -0.3 is 9.67 Å². The minimum Gasteiger partial charge on any atom is -0.481 e. The fourth-order valence-corrected chi connectivity index (χ4v) is 2.52. The predicted octanol–water partition coefficient (Wildman–Crippen LogP) is 3.41. The lowest BCUT2D eigenvalue weighted by Crippen LogP contribution is -2.15. The molecule has 0 amide bonds. The van der Waals surface area contributed by atoms with Gasteiger partial charge in [-0.15, -0.1) is 0 Å². The van der Waals surface area contributed by atoms with E-state index in [1.165, 1.54) is 0 Å². The molecule has 0 saturated carbocycles. The summed E-state index contributed by atoms with van der Waals surface area (Å²) in [7, 11) is 1.71. The van der Waals surface area contributed by atoms with Crippen molar-refractivity contribution in [2.45, 2.75) is 19.8 Å². The van der Waals surface area contributed by atoms with Crippen LogP contribution in [-0.2, 0) is 11.8 Å². The summed E-state index contributed by atoms with van der Waals surface area (Å²) < 4.78 is 1.66. The van der Waals surface area contributed by atoms with Crippen LogP contribution in [-0.4, -0.2) is 21.4 Å². The standard InChI is InChI=1S/C16H16ClNO3/c1-9-8-13(10(2)16(20)21)18(3)14(9)15(19)11-4-6-12(17)7-5-11/h4-8,10H,1-3H3,(H,20,21). The first-order valence-corrected chi connectivity index (χ1v) is 6.90. The molecule has 110 valence electrons. The molecule has 4 nitrogen and oxygen atoms in total. The molecule has 0 saturated heterocycles. The van der Waals surface area contributed by atoms with E-state index in [0.29, 0.717) is 22.0 Å². The maximum Gasteiger partial charge on any atom is 0.312 e. The first kappa shape index (κ1) is 15.3. The van der Waals surface area contributed by atoms with Gasteiger partial charge in [0.2, 0.25) is 5.78 Å². The van der Waals surface area contributed by atoms with Gasteiger partial charge in [-0.25, -0.2) is 0 Å². The molecule has 0 aliphatic heterocycles. The van der Waals surface area contributed by atoms with Gasteiger partial charge in [0.1, 0.15) is 0 Å². The lowest BCUT2D eigenvalue weighted by Gasteiger charge is -2.10. The van der Waals surface area contributed by atoms with Crippen LogP contribution in [0.15, 0.2) is 30.3 Å². The van der Waals surface area contributed by atoms with Crippen molar-refractivity contribution in [1.29, 1.82) is 0 Å². The van der Waals surface area contributed by atoms with Gasteiger partial charge in [-0.1, -0.05) is 11.6 Å². The Morgan fingerprint density at radius 3 is 2.33 bits per heavy atom. The van der Waals surface area contributed by atoms with Gasteiger partial charge in [-0.2, -0.15) is 0 Å². The molecule has 0 bridgehead atoms. The lowest BCUT2D eigenvalue weighted by atomic mass is 10.1. The Morgan fingerprint density at radius 1 is 1.24 bits per heavy atom. The Balaban J connectivity index is 2.47. The topological polar surface area (TPSA) is 59.3 Å². The van der Waals surface area contributed by atoms with Gasteiger partial charge in [0.15, 0.2) is 0 Å². The predicted molar refractivity (Wildman–Crippen MR) is 81.1 cm³/mol. The number of nitrogens with zero attached hydrogens (tertiary/aromatic N) is 1. The summed E-state index contributed by atoms with van der Waals surface area (Å²) in [5.74, 6) is -1.72. The third kappa shape index (κ3) is 2.85. The largest absolute Gasteiger partial charge is 0.481 e. The lowest BCUT2D eigenvalue weighted by molar-refractivity contribution is -0.138. The van der Waals surface area contributed by atoms with Gasteiger partial charge in [0.05, 0.1) is 11.6 Å². The summed E-state index contributed by atoms with van der Waals surface area (Å²) >= 11 is 5.82. The number of carbonyl (C=O) groups excluding carboxylic acids is 1. The smallest absolute Gasteiger partial charge is 0.312 e. The Bertz CT molecular complexity index is 701. The molecule has 2 aromatic rings. The Morgan fingerprint density at radius 2 is 1.81 bits per heavy atom. The van der Waals surface area contributed by atoms with Crippen LogP contribution in [0.5, 0.6) is 0 Å². The molecule has 0 radical (unpaired) electrons. The van der Waals surface area contributed by atoms with E-state index in [4.69, 9.17) is 16.7 Å². The number of carbonyl (C=O) groups is 2. The molecule has 0 aliphatic rings. The number of carboxylic acids is 1. The van der Waals surface area contributed by atoms with Crippen LogP contribution < -0.4 is 0 Å². The molecule has 1 aromatic carbocycles. The first-order valence-electron chi connectivity index (χ1n) is 6.52. The number of hydrogen-bond donors (Lipinski definition) is 1. The van der Waals surface area contributed by atoms with Gasteiger partial charge in [-0.05, 0) is 49.7 Å². The van der Waals surface area contributed by atoms with Crippen LogP contribution in [0.1, 0.15) is 40.2 Å². The van der Waals surface area contributed by atoms with E-state index in [9.17, 15) is 9.59 Å². The highest BCUT2D eigenvalue weighted by molar-refractivity contribution is 6.30. The number of aliphatic carboxylic acids is 1. The molecule has 0 aliphatic carbocycles. The van der Waals surface area contributed by atoms with Gasteiger partial charge in [-0.3, -0.25) is 9.59 Å². The third-order valence-electron chi connectivity index (χ3n) is 3.60. The number of aromatic nitrogens is 1. The zero-order valence-electron chi connectivity index (χ0n) is 12.1. The van der Waals surface area contributed by atoms with Crippen LogP contribution >= 0.6 is 11.6 Å². The first-order chi connectivity index (χ1) is 9.82. The van der Waals surface area contributed by atoms with E-state index in [-0.39, 0.29) is 5.78 Å². The number of rotatable bonds is 4. The van der Waals surface area contributed by atoms with Crippen LogP contribution in [0.25, 0.3) is 0 Å². The monoisotopic (exact) mass is 305 g/mol. The fourth-order valence-electron chi connectivity index (χ4n) is 2.39. The van der Waals surface area contributed by atoms with Crippen LogP contribution in [0, 0.1) is 6.92 Å². The van der Waals surface area contributed by atoms with Crippen LogP contribution in [0.4, 0.5) is 0 Å². The van der Waals surface area contributed by atoms with Crippen molar-refractivity contribution in [3.05, 3.63) is 57.9 Å². The second-order valence-electron chi connectivity index (χ2n) is 5.06. The molecular formula is C16H16ClNO3. The number of hydrogen-bond acceptors (Lipinski definition) is 2. The molecule has 1 heterocycles. The van der Waals surface area contributed by atoms with E-state index in [1.54, 1.807) is 55.8 Å². The molecule has 2 rings (SSSR count). The average Bonchev–Trinajstić information content (AvgIpc) is 2.73. The van der Waals surface area contributed by atoms with Crippen molar-refractivity contribution < 1.29 is 14.7 Å². The number of ketones is 1. The summed E-state index contributed by atoms with van der Waals surface area (Å²) in [6, 6.07) is 8.40. The van der Waals surface area contributed by atoms with Crippen molar-refractivity contribution in [3.63, 3.8) is 0 Å². The third-order valence-corrected chi connectivity index (χ3v) is 3.85. The van der Waals surface area contributed by atoms with Crippen molar-refractivity contribution in [1.82, 2.24) is 4.57 Å². The Labute approximate surface area is 128 Å². The minimum atomic E-state index is -0.916. The fraction of sp³-hybridized carbons (Fsp3) is 0.250. The quantitative estimate of drug-likeness (QED) is 0.881. The van der Waals surface area contributed by atoms with Gasteiger partial charge in [0.25, 0.3) is 0 Å². The van der Waals surface area contributed by atoms with Crippen molar-refractivity contribution in [3.8, 4) is 0 Å². The summed E-state index contributed by atoms with van der Waals surface area (Å²) in [5, 5.41) is 9.70. The highest BCUT2D eigenvalue weighted by atomic mass is 35.5. The molecule has 1 N–H and O–H groups in total. The second kappa shape index (κ2) is 5.74. The number of aryl methyl sites for hydroxylation is 1. The van der Waals surface area contributed by atoms with Crippen molar-refractivity contribution >= 4 is 23.4 Å². The molecular weight excluding hydrogens is 290 g/mol. The Hall–Kier alpha value is -2.07. The Kier molecular flexibility index (Phi) is 4.19. The number of carboxylic acid groups (broad SMARTS) is 1. The normalized spacial score (nSPS) is 12.2. The average molecular weight is 306 g/mol. The zero-order valence-corrected chi connectivity index (χ0v) is 12.8. The van der Waals surface area contributed by atoms with Gasteiger partial charge >= 0.3 is 5.97 Å². The van der Waals surface area contributed by atoms with E-state index in [1.807, 2.05) is 0 Å². The van der Waals surface area contributed by atoms with E-state index in [0.717, 1.165) is 5.56 Å². The van der Waals surface area contributed by atoms with Crippen LogP contribution in [0.3, 0.4) is 0 Å². The van der Waals surface area contributed by atoms with Crippen molar-refractivity contribution in [2.75, 3.05) is 0 Å². The van der Waals surface area contributed by atoms with E-state index in [2.05, 4.69) is 0 Å². The highest BCUT2D eigenvalue weighted by Gasteiger charge is 2.23. The SMILES string of the molecule is Cc1cc(C(C)C(=O)O)n(C)c1C(=O)c1ccc(Cl)cc1. The molecule has 1 atom stereocenters. The highest BCUT2D eigenvalue weighted by Crippen LogP contribution is 2.24. The van der Waals surface area contributed by atoms with Crippen LogP contribution in [0.2, 0.25) is 5.02 Å².